The Morgan fingerprint density at radius 2 is 2.25 bits per heavy atom. The van der Waals surface area contributed by atoms with E-state index < -0.39 is 0 Å². The fourth-order valence-corrected chi connectivity index (χ4v) is 1.28. The number of nitriles is 1. The molecule has 0 saturated heterocycles. The summed E-state index contributed by atoms with van der Waals surface area (Å²) >= 11 is 5.89. The fraction of sp³-hybridized carbons (Fsp3) is 0.273. The molecule has 0 heterocycles. The number of urea groups is 1. The number of carbonyl (C=O) groups is 1. The molecule has 1 N–H and O–H groups in total. The van der Waals surface area contributed by atoms with E-state index in [1.165, 1.54) is 4.90 Å². The van der Waals surface area contributed by atoms with Gasteiger partial charge in [-0.3, -0.25) is 0 Å². The van der Waals surface area contributed by atoms with E-state index in [0.717, 1.165) is 0 Å². The second-order valence-corrected chi connectivity index (χ2v) is 3.65. The Bertz CT molecular complexity index is 414. The summed E-state index contributed by atoms with van der Waals surface area (Å²) in [5.74, 6) is 0. The summed E-state index contributed by atoms with van der Waals surface area (Å²) in [5, 5.41) is 11.6. The van der Waals surface area contributed by atoms with Crippen LogP contribution in [0.25, 0.3) is 0 Å². The first-order valence-electron chi connectivity index (χ1n) is 4.78. The smallest absolute Gasteiger partial charge is 0.321 e. The zero-order valence-corrected chi connectivity index (χ0v) is 9.66. The van der Waals surface area contributed by atoms with Gasteiger partial charge < -0.3 is 10.2 Å². The fourth-order valence-electron chi connectivity index (χ4n) is 1.09. The summed E-state index contributed by atoms with van der Waals surface area (Å²) in [5.41, 5.74) is 0.568. The van der Waals surface area contributed by atoms with Gasteiger partial charge in [-0.2, -0.15) is 5.26 Å². The van der Waals surface area contributed by atoms with Crippen molar-refractivity contribution in [2.45, 2.75) is 6.42 Å². The van der Waals surface area contributed by atoms with Gasteiger partial charge in [0.1, 0.15) is 0 Å². The van der Waals surface area contributed by atoms with Gasteiger partial charge in [0.25, 0.3) is 0 Å². The van der Waals surface area contributed by atoms with Gasteiger partial charge in [-0.05, 0) is 12.1 Å². The number of para-hydroxylation sites is 1. The van der Waals surface area contributed by atoms with Crippen LogP contribution in [0.5, 0.6) is 0 Å². The third-order valence-electron chi connectivity index (χ3n) is 2.02. The molecule has 2 amide bonds. The summed E-state index contributed by atoms with van der Waals surface area (Å²) in [7, 11) is 1.63. The highest BCUT2D eigenvalue weighted by Gasteiger charge is 2.09. The average Bonchev–Trinajstić information content (AvgIpc) is 2.28. The molecule has 5 heteroatoms. The van der Waals surface area contributed by atoms with Gasteiger partial charge in [0.2, 0.25) is 0 Å². The minimum absolute atomic E-state index is 0.275. The predicted octanol–water partition coefficient (Wildman–Crippen LogP) is 2.72. The highest BCUT2D eigenvalue weighted by Crippen LogP contribution is 2.20. The van der Waals surface area contributed by atoms with Gasteiger partial charge in [0.05, 0.1) is 23.2 Å². The molecule has 0 aliphatic rings. The number of anilines is 1. The molecular formula is C11H12ClN3O. The first-order valence-corrected chi connectivity index (χ1v) is 5.16. The molecule has 0 atom stereocenters. The maximum absolute atomic E-state index is 11.6. The highest BCUT2D eigenvalue weighted by molar-refractivity contribution is 6.33. The minimum atomic E-state index is -0.275. The number of nitrogens with one attached hydrogen (secondary N) is 1. The molecule has 0 spiro atoms. The largest absolute Gasteiger partial charge is 0.327 e. The Labute approximate surface area is 99.4 Å². The standard InChI is InChI=1S/C11H12ClN3O/c1-15(8-4-7-13)11(16)14-10-6-3-2-5-9(10)12/h2-3,5-6H,4,8H2,1H3,(H,14,16). The predicted molar refractivity (Wildman–Crippen MR) is 63.3 cm³/mol. The molecule has 0 radical (unpaired) electrons. The van der Waals surface area contributed by atoms with Gasteiger partial charge in [0.15, 0.2) is 0 Å². The van der Waals surface area contributed by atoms with Crippen molar-refractivity contribution in [1.29, 1.82) is 5.26 Å². The van der Waals surface area contributed by atoms with E-state index in [1.807, 2.05) is 6.07 Å². The van der Waals surface area contributed by atoms with Crippen molar-refractivity contribution in [3.63, 3.8) is 0 Å². The van der Waals surface area contributed by atoms with E-state index in [-0.39, 0.29) is 6.03 Å². The molecule has 16 heavy (non-hydrogen) atoms. The van der Waals surface area contributed by atoms with Gasteiger partial charge in [0, 0.05) is 13.6 Å². The number of hydrogen-bond acceptors (Lipinski definition) is 2. The second kappa shape index (κ2) is 5.99. The van der Waals surface area contributed by atoms with E-state index in [1.54, 1.807) is 31.3 Å². The van der Waals surface area contributed by atoms with Gasteiger partial charge >= 0.3 is 6.03 Å². The molecule has 1 rings (SSSR count). The quantitative estimate of drug-likeness (QED) is 0.879. The Morgan fingerprint density at radius 3 is 2.88 bits per heavy atom. The van der Waals surface area contributed by atoms with Crippen LogP contribution in [0.3, 0.4) is 0 Å². The zero-order valence-electron chi connectivity index (χ0n) is 8.90. The van der Waals surface area contributed by atoms with Crippen LogP contribution >= 0.6 is 11.6 Å². The van der Waals surface area contributed by atoms with Crippen LogP contribution in [-0.4, -0.2) is 24.5 Å². The molecule has 0 fully saturated rings. The van der Waals surface area contributed by atoms with Crippen molar-refractivity contribution in [1.82, 2.24) is 4.90 Å². The SMILES string of the molecule is CN(CCC#N)C(=O)Nc1ccccc1Cl. The van der Waals surface area contributed by atoms with E-state index >= 15 is 0 Å². The third-order valence-corrected chi connectivity index (χ3v) is 2.35. The molecule has 1 aromatic rings. The lowest BCUT2D eigenvalue weighted by molar-refractivity contribution is 0.223. The summed E-state index contributed by atoms with van der Waals surface area (Å²) in [6.07, 6.45) is 0.312. The molecule has 0 aliphatic carbocycles. The maximum atomic E-state index is 11.6. The number of halogens is 1. The lowest BCUT2D eigenvalue weighted by Gasteiger charge is -2.16. The van der Waals surface area contributed by atoms with Crippen LogP contribution in [0.4, 0.5) is 10.5 Å². The first-order chi connectivity index (χ1) is 7.65. The van der Waals surface area contributed by atoms with Crippen LogP contribution in [0.1, 0.15) is 6.42 Å². The third kappa shape index (κ3) is 3.44. The number of nitrogens with zero attached hydrogens (tertiary/aromatic N) is 2. The Hall–Kier alpha value is -1.73. The lowest BCUT2D eigenvalue weighted by Crippen LogP contribution is -2.32. The number of carbonyl (C=O) groups excluding carboxylic acids is 1. The monoisotopic (exact) mass is 237 g/mol. The Balaban J connectivity index is 2.58. The molecule has 4 nitrogen and oxygen atoms in total. The van der Waals surface area contributed by atoms with Crippen LogP contribution in [0.15, 0.2) is 24.3 Å². The maximum Gasteiger partial charge on any atom is 0.321 e. The summed E-state index contributed by atoms with van der Waals surface area (Å²) in [6.45, 7) is 0.396. The van der Waals surface area contributed by atoms with E-state index in [2.05, 4.69) is 5.32 Å². The molecule has 0 bridgehead atoms. The van der Waals surface area contributed by atoms with E-state index in [9.17, 15) is 4.79 Å². The molecule has 0 unspecified atom stereocenters. The topological polar surface area (TPSA) is 56.1 Å². The van der Waals surface area contributed by atoms with E-state index in [4.69, 9.17) is 16.9 Å². The highest BCUT2D eigenvalue weighted by atomic mass is 35.5. The molecule has 0 aliphatic heterocycles. The Morgan fingerprint density at radius 1 is 1.56 bits per heavy atom. The van der Waals surface area contributed by atoms with Crippen molar-refractivity contribution in [2.75, 3.05) is 18.9 Å². The van der Waals surface area contributed by atoms with Crippen molar-refractivity contribution >= 4 is 23.3 Å². The Kier molecular flexibility index (Phi) is 4.62. The minimum Gasteiger partial charge on any atom is -0.327 e. The van der Waals surface area contributed by atoms with Crippen LogP contribution < -0.4 is 5.32 Å². The van der Waals surface area contributed by atoms with Crippen molar-refractivity contribution in [3.05, 3.63) is 29.3 Å². The molecule has 84 valence electrons. The summed E-state index contributed by atoms with van der Waals surface area (Å²) < 4.78 is 0. The van der Waals surface area contributed by atoms with Crippen molar-refractivity contribution in [2.24, 2.45) is 0 Å². The summed E-state index contributed by atoms with van der Waals surface area (Å²) in [4.78, 5) is 13.1. The van der Waals surface area contributed by atoms with Gasteiger partial charge in [-0.1, -0.05) is 23.7 Å². The summed E-state index contributed by atoms with van der Waals surface area (Å²) in [6, 6.07) is 8.71. The normalized spacial score (nSPS) is 9.31. The van der Waals surface area contributed by atoms with Gasteiger partial charge in [-0.25, -0.2) is 4.79 Å². The number of benzene rings is 1. The molecule has 1 aromatic carbocycles. The number of hydrogen-bond donors (Lipinski definition) is 1. The van der Waals surface area contributed by atoms with Crippen molar-refractivity contribution < 1.29 is 4.79 Å². The van der Waals surface area contributed by atoms with Crippen LogP contribution in [0.2, 0.25) is 5.02 Å². The van der Waals surface area contributed by atoms with Crippen LogP contribution in [0, 0.1) is 11.3 Å². The number of rotatable bonds is 3. The molecular weight excluding hydrogens is 226 g/mol. The second-order valence-electron chi connectivity index (χ2n) is 3.24. The first kappa shape index (κ1) is 12.3. The number of amides is 2. The molecule has 0 saturated carbocycles. The average molecular weight is 238 g/mol. The van der Waals surface area contributed by atoms with Crippen molar-refractivity contribution in [3.8, 4) is 6.07 Å². The van der Waals surface area contributed by atoms with Gasteiger partial charge in [-0.15, -0.1) is 0 Å². The zero-order chi connectivity index (χ0) is 12.0. The lowest BCUT2D eigenvalue weighted by atomic mass is 10.3. The van der Waals surface area contributed by atoms with E-state index in [0.29, 0.717) is 23.7 Å². The molecule has 0 aromatic heterocycles. The van der Waals surface area contributed by atoms with Crippen LogP contribution in [-0.2, 0) is 0 Å².